The fraction of sp³-hybridized carbons (Fsp3) is 0.333. The fourth-order valence-corrected chi connectivity index (χ4v) is 3.82. The number of nitrogens with zero attached hydrogens (tertiary/aromatic N) is 4. The van der Waals surface area contributed by atoms with Crippen molar-refractivity contribution in [1.82, 2.24) is 20.7 Å². The van der Waals surface area contributed by atoms with Crippen molar-refractivity contribution < 1.29 is 0 Å². The molecule has 2 aromatic rings. The molecule has 0 aliphatic heterocycles. The number of thiocarbonyl (C=S) groups is 2. The van der Waals surface area contributed by atoms with Crippen LogP contribution in [0.25, 0.3) is 0 Å². The Bertz CT molecular complexity index is 968. The zero-order chi connectivity index (χ0) is 24.2. The zero-order valence-electron chi connectivity index (χ0n) is 19.5. The highest BCUT2D eigenvalue weighted by molar-refractivity contribution is 7.80. The lowest BCUT2D eigenvalue weighted by atomic mass is 10.00. The summed E-state index contributed by atoms with van der Waals surface area (Å²) in [6.45, 7) is 11.4. The summed E-state index contributed by atoms with van der Waals surface area (Å²) < 4.78 is 0. The molecule has 0 saturated carbocycles. The number of nitrogens with one attached hydrogen (secondary N) is 2. The Balaban J connectivity index is 2.55. The lowest BCUT2D eigenvalue weighted by Gasteiger charge is -2.22. The van der Waals surface area contributed by atoms with Gasteiger partial charge in [0.05, 0.1) is 0 Å². The molecule has 176 valence electrons. The van der Waals surface area contributed by atoms with Crippen LogP contribution < -0.4 is 10.9 Å². The molecule has 0 aliphatic rings. The molecule has 2 rings (SSSR count). The molecule has 0 saturated heterocycles. The maximum absolute atomic E-state index is 6.14. The fourth-order valence-electron chi connectivity index (χ4n) is 3.08. The maximum atomic E-state index is 6.14. The minimum absolute atomic E-state index is 0.547. The smallest absolute Gasteiger partial charge is 0.189 e. The van der Waals surface area contributed by atoms with Gasteiger partial charge in [0.1, 0.15) is 11.4 Å². The Morgan fingerprint density at radius 2 is 1.09 bits per heavy atom. The van der Waals surface area contributed by atoms with Gasteiger partial charge in [0.25, 0.3) is 0 Å². The van der Waals surface area contributed by atoms with Crippen molar-refractivity contribution in [3.05, 3.63) is 70.7 Å². The minimum Gasteiger partial charge on any atom is -0.348 e. The average Bonchev–Trinajstić information content (AvgIpc) is 2.84. The second-order valence-corrected chi connectivity index (χ2v) is 8.18. The van der Waals surface area contributed by atoms with E-state index in [1.165, 1.54) is 0 Å². The van der Waals surface area contributed by atoms with E-state index in [0.717, 1.165) is 37.3 Å². The van der Waals surface area contributed by atoms with Crippen molar-refractivity contribution in [2.75, 3.05) is 26.2 Å². The van der Waals surface area contributed by atoms with Gasteiger partial charge in [0.2, 0.25) is 0 Å². The molecule has 9 heteroatoms. The van der Waals surface area contributed by atoms with Crippen LogP contribution in [-0.4, -0.2) is 57.6 Å². The van der Waals surface area contributed by atoms with Crippen LogP contribution in [0.15, 0.2) is 64.8 Å². The highest BCUT2D eigenvalue weighted by Gasteiger charge is 2.17. The molecule has 0 radical (unpaired) electrons. The van der Waals surface area contributed by atoms with Gasteiger partial charge in [0, 0.05) is 42.3 Å². The van der Waals surface area contributed by atoms with Gasteiger partial charge < -0.3 is 9.80 Å². The number of benzene rings is 2. The number of rotatable bonds is 9. The lowest BCUT2D eigenvalue weighted by Crippen LogP contribution is -2.39. The number of hydrogen-bond donors (Lipinski definition) is 2. The van der Waals surface area contributed by atoms with E-state index in [-0.39, 0.29) is 0 Å². The van der Waals surface area contributed by atoms with E-state index in [9.17, 15) is 0 Å². The molecule has 0 unspecified atom stereocenters. The summed E-state index contributed by atoms with van der Waals surface area (Å²) >= 11 is 17.2. The Kier molecular flexibility index (Phi) is 11.2. The van der Waals surface area contributed by atoms with Crippen molar-refractivity contribution in [2.24, 2.45) is 10.2 Å². The van der Waals surface area contributed by atoms with Gasteiger partial charge in [-0.15, -0.1) is 0 Å². The lowest BCUT2D eigenvalue weighted by molar-refractivity contribution is 0.457. The first-order valence-corrected chi connectivity index (χ1v) is 12.2. The predicted octanol–water partition coefficient (Wildman–Crippen LogP) is 4.88. The van der Waals surface area contributed by atoms with Crippen LogP contribution in [0.5, 0.6) is 0 Å². The van der Waals surface area contributed by atoms with E-state index in [2.05, 4.69) is 38.5 Å². The van der Waals surface area contributed by atoms with Crippen LogP contribution in [-0.2, 0) is 0 Å². The normalized spacial score (nSPS) is 11.7. The SMILES string of the molecule is CCN(CC)C(=S)NN=C(C(=NNC(=S)N(CC)CC)c1ccc(Cl)cc1)c1ccccc1. The highest BCUT2D eigenvalue weighted by Crippen LogP contribution is 2.14. The first-order chi connectivity index (χ1) is 15.9. The molecule has 0 bridgehead atoms. The van der Waals surface area contributed by atoms with Gasteiger partial charge >= 0.3 is 0 Å². The molecule has 2 N–H and O–H groups in total. The summed E-state index contributed by atoms with van der Waals surface area (Å²) in [7, 11) is 0. The first-order valence-electron chi connectivity index (χ1n) is 11.0. The third kappa shape index (κ3) is 7.77. The molecular weight excluding hydrogens is 472 g/mol. The van der Waals surface area contributed by atoms with Crippen molar-refractivity contribution in [2.45, 2.75) is 27.7 Å². The first kappa shape index (κ1) is 26.7. The van der Waals surface area contributed by atoms with E-state index < -0.39 is 0 Å². The van der Waals surface area contributed by atoms with Crippen molar-refractivity contribution in [3.63, 3.8) is 0 Å². The summed E-state index contributed by atoms with van der Waals surface area (Å²) in [6, 6.07) is 17.3. The van der Waals surface area contributed by atoms with Gasteiger partial charge in [-0.2, -0.15) is 10.2 Å². The second kappa shape index (κ2) is 13.9. The van der Waals surface area contributed by atoms with Crippen molar-refractivity contribution in [1.29, 1.82) is 0 Å². The number of halogens is 1. The Morgan fingerprint density at radius 3 is 1.48 bits per heavy atom. The predicted molar refractivity (Wildman–Crippen MR) is 148 cm³/mol. The quantitative estimate of drug-likeness (QED) is 0.289. The summed E-state index contributed by atoms with van der Waals surface area (Å²) in [5, 5.41) is 11.1. The van der Waals surface area contributed by atoms with Gasteiger partial charge in [-0.3, -0.25) is 10.9 Å². The molecule has 0 aromatic heterocycles. The number of hydrazone groups is 2. The highest BCUT2D eigenvalue weighted by atomic mass is 35.5. The Morgan fingerprint density at radius 1 is 0.697 bits per heavy atom. The molecule has 0 fully saturated rings. The molecule has 0 heterocycles. The van der Waals surface area contributed by atoms with Crippen LogP contribution in [0, 0.1) is 0 Å². The maximum Gasteiger partial charge on any atom is 0.189 e. The van der Waals surface area contributed by atoms with Crippen LogP contribution in [0.2, 0.25) is 5.02 Å². The van der Waals surface area contributed by atoms with E-state index in [1.54, 1.807) is 0 Å². The molecule has 0 amide bonds. The van der Waals surface area contributed by atoms with Gasteiger partial charge in [0.15, 0.2) is 10.2 Å². The topological polar surface area (TPSA) is 55.3 Å². The van der Waals surface area contributed by atoms with Gasteiger partial charge in [-0.1, -0.05) is 54.1 Å². The van der Waals surface area contributed by atoms with Crippen LogP contribution >= 0.6 is 36.0 Å². The number of hydrogen-bond acceptors (Lipinski definition) is 4. The van der Waals surface area contributed by atoms with E-state index in [1.807, 2.05) is 64.4 Å². The van der Waals surface area contributed by atoms with E-state index in [0.29, 0.717) is 26.7 Å². The standard InChI is InChI=1S/C24H31ClN6S2/c1-5-30(6-2)23(32)28-26-21(18-12-10-9-11-13-18)22(19-14-16-20(25)17-15-19)27-29-24(33)31(7-3)8-4/h9-17H,5-8H2,1-4H3,(H,28,32)(H,29,33). The third-order valence-corrected chi connectivity index (χ3v) is 5.97. The monoisotopic (exact) mass is 502 g/mol. The van der Waals surface area contributed by atoms with Crippen molar-refractivity contribution in [3.8, 4) is 0 Å². The molecule has 0 spiro atoms. The van der Waals surface area contributed by atoms with Crippen LogP contribution in [0.1, 0.15) is 38.8 Å². The Hall–Kier alpha value is -2.55. The molecule has 0 atom stereocenters. The minimum atomic E-state index is 0.547. The van der Waals surface area contributed by atoms with E-state index in [4.69, 9.17) is 46.2 Å². The Labute approximate surface area is 212 Å². The average molecular weight is 503 g/mol. The largest absolute Gasteiger partial charge is 0.348 e. The summed E-state index contributed by atoms with van der Waals surface area (Å²) in [4.78, 5) is 4.04. The summed E-state index contributed by atoms with van der Waals surface area (Å²) in [6.07, 6.45) is 0. The zero-order valence-corrected chi connectivity index (χ0v) is 21.9. The third-order valence-electron chi connectivity index (χ3n) is 5.02. The summed E-state index contributed by atoms with van der Waals surface area (Å²) in [5.41, 5.74) is 9.05. The van der Waals surface area contributed by atoms with Gasteiger partial charge in [-0.25, -0.2) is 0 Å². The molecule has 33 heavy (non-hydrogen) atoms. The van der Waals surface area contributed by atoms with Crippen LogP contribution in [0.4, 0.5) is 0 Å². The van der Waals surface area contributed by atoms with E-state index >= 15 is 0 Å². The van der Waals surface area contributed by atoms with Crippen molar-refractivity contribution >= 4 is 57.7 Å². The molecule has 2 aromatic carbocycles. The van der Waals surface area contributed by atoms with Gasteiger partial charge in [-0.05, 0) is 64.3 Å². The molecular formula is C24H31ClN6S2. The molecule has 0 aliphatic carbocycles. The molecule has 6 nitrogen and oxygen atoms in total. The summed E-state index contributed by atoms with van der Waals surface area (Å²) in [5.74, 6) is 0. The second-order valence-electron chi connectivity index (χ2n) is 6.97. The van der Waals surface area contributed by atoms with Crippen LogP contribution in [0.3, 0.4) is 0 Å².